The number of ketones is 1. The summed E-state index contributed by atoms with van der Waals surface area (Å²) < 4.78 is 7.97. The van der Waals surface area contributed by atoms with Gasteiger partial charge >= 0.3 is 0 Å². The molecule has 0 radical (unpaired) electrons. The monoisotopic (exact) mass is 452 g/mol. The van der Waals surface area contributed by atoms with E-state index in [1.165, 1.54) is 23.1 Å². The highest BCUT2D eigenvalue weighted by Gasteiger charge is 2.21. The third-order valence-corrected chi connectivity index (χ3v) is 6.30. The van der Waals surface area contributed by atoms with Crippen LogP contribution in [0.3, 0.4) is 0 Å². The maximum Gasteiger partial charge on any atom is 0.194 e. The molecule has 0 aliphatic carbocycles. The van der Waals surface area contributed by atoms with Crippen molar-refractivity contribution in [3.63, 3.8) is 0 Å². The molecule has 4 heterocycles. The molecule has 0 atom stereocenters. The van der Waals surface area contributed by atoms with Crippen molar-refractivity contribution in [2.24, 2.45) is 0 Å². The van der Waals surface area contributed by atoms with Gasteiger partial charge in [0.2, 0.25) is 0 Å². The van der Waals surface area contributed by atoms with Gasteiger partial charge in [0.05, 0.1) is 11.0 Å². The van der Waals surface area contributed by atoms with Gasteiger partial charge in [-0.05, 0) is 47.3 Å². The lowest BCUT2D eigenvalue weighted by Gasteiger charge is -2.12. The van der Waals surface area contributed by atoms with Crippen molar-refractivity contribution >= 4 is 50.7 Å². The van der Waals surface area contributed by atoms with E-state index in [0.29, 0.717) is 11.1 Å². The van der Waals surface area contributed by atoms with E-state index in [4.69, 9.17) is 0 Å². The predicted octanol–water partition coefficient (Wildman–Crippen LogP) is 5.05. The molecule has 7 nitrogen and oxygen atoms in total. The summed E-state index contributed by atoms with van der Waals surface area (Å²) in [7, 11) is 0. The molecule has 0 spiro atoms. The van der Waals surface area contributed by atoms with Gasteiger partial charge in [0, 0.05) is 56.2 Å². The SMILES string of the molecule is O=C(c1cccc2nccc(-c3csnn3)c12)c1cccc2nccc(-c3csnn3)c12. The fourth-order valence-corrected chi connectivity index (χ4v) is 4.84. The topological polar surface area (TPSA) is 94.4 Å². The zero-order valence-corrected chi connectivity index (χ0v) is 18.0. The van der Waals surface area contributed by atoms with Crippen LogP contribution in [-0.4, -0.2) is 34.9 Å². The van der Waals surface area contributed by atoms with Gasteiger partial charge < -0.3 is 0 Å². The van der Waals surface area contributed by atoms with Crippen LogP contribution in [0.2, 0.25) is 0 Å². The lowest BCUT2D eigenvalue weighted by atomic mass is 9.92. The molecule has 0 saturated carbocycles. The van der Waals surface area contributed by atoms with Gasteiger partial charge in [0.15, 0.2) is 5.78 Å². The number of nitrogens with zero attached hydrogens (tertiary/aromatic N) is 6. The number of hydrogen-bond donors (Lipinski definition) is 0. The minimum absolute atomic E-state index is 0.115. The highest BCUT2D eigenvalue weighted by molar-refractivity contribution is 7.03. The van der Waals surface area contributed by atoms with E-state index in [1.54, 1.807) is 12.4 Å². The Hall–Kier alpha value is -3.95. The van der Waals surface area contributed by atoms with E-state index < -0.39 is 0 Å². The normalized spacial score (nSPS) is 11.2. The largest absolute Gasteiger partial charge is 0.289 e. The van der Waals surface area contributed by atoms with E-state index in [-0.39, 0.29) is 5.78 Å². The molecule has 0 bridgehead atoms. The lowest BCUT2D eigenvalue weighted by Crippen LogP contribution is -2.05. The van der Waals surface area contributed by atoms with Crippen LogP contribution in [0.4, 0.5) is 0 Å². The summed E-state index contributed by atoms with van der Waals surface area (Å²) in [6.45, 7) is 0. The Morgan fingerprint density at radius 3 is 1.59 bits per heavy atom. The van der Waals surface area contributed by atoms with E-state index in [0.717, 1.165) is 44.3 Å². The van der Waals surface area contributed by atoms with Crippen LogP contribution in [0.25, 0.3) is 44.3 Å². The van der Waals surface area contributed by atoms with Crippen LogP contribution in [0.5, 0.6) is 0 Å². The Bertz CT molecular complexity index is 1470. The number of hydrogen-bond acceptors (Lipinski definition) is 9. The van der Waals surface area contributed by atoms with Crippen molar-refractivity contribution in [2.75, 3.05) is 0 Å². The van der Waals surface area contributed by atoms with Crippen molar-refractivity contribution in [3.8, 4) is 22.5 Å². The molecule has 0 saturated heterocycles. The Balaban J connectivity index is 1.63. The van der Waals surface area contributed by atoms with Crippen LogP contribution < -0.4 is 0 Å². The second kappa shape index (κ2) is 7.63. The van der Waals surface area contributed by atoms with E-state index in [1.807, 2.05) is 59.3 Å². The van der Waals surface area contributed by atoms with Crippen molar-refractivity contribution in [2.45, 2.75) is 0 Å². The summed E-state index contributed by atoms with van der Waals surface area (Å²) in [5, 5.41) is 13.7. The molecule has 32 heavy (non-hydrogen) atoms. The quantitative estimate of drug-likeness (QED) is 0.345. The van der Waals surface area contributed by atoms with Crippen molar-refractivity contribution in [1.82, 2.24) is 29.1 Å². The van der Waals surface area contributed by atoms with Crippen LogP contribution in [0, 0.1) is 0 Å². The third-order valence-electron chi connectivity index (χ3n) is 5.29. The third kappa shape index (κ3) is 2.98. The number of rotatable bonds is 4. The van der Waals surface area contributed by atoms with Gasteiger partial charge in [-0.1, -0.05) is 33.2 Å². The number of fused-ring (bicyclic) bond motifs is 2. The molecule has 6 aromatic rings. The Kier molecular flexibility index (Phi) is 4.48. The first kappa shape index (κ1) is 18.8. The summed E-state index contributed by atoms with van der Waals surface area (Å²) in [6.07, 6.45) is 3.45. The molecule has 6 rings (SSSR count). The summed E-state index contributed by atoms with van der Waals surface area (Å²) >= 11 is 2.54. The maximum absolute atomic E-state index is 14.0. The van der Waals surface area contributed by atoms with Crippen LogP contribution in [0.1, 0.15) is 15.9 Å². The maximum atomic E-state index is 14.0. The summed E-state index contributed by atoms with van der Waals surface area (Å²) in [6, 6.07) is 14.9. The number of carbonyl (C=O) groups excluding carboxylic acids is 1. The first-order valence-corrected chi connectivity index (χ1v) is 11.3. The van der Waals surface area contributed by atoms with E-state index in [2.05, 4.69) is 29.1 Å². The highest BCUT2D eigenvalue weighted by Crippen LogP contribution is 2.34. The first-order chi connectivity index (χ1) is 15.8. The molecule has 0 unspecified atom stereocenters. The zero-order chi connectivity index (χ0) is 21.5. The zero-order valence-electron chi connectivity index (χ0n) is 16.3. The Morgan fingerprint density at radius 2 is 1.16 bits per heavy atom. The molecule has 9 heteroatoms. The Morgan fingerprint density at radius 1 is 0.656 bits per heavy atom. The molecular weight excluding hydrogens is 440 g/mol. The van der Waals surface area contributed by atoms with Crippen molar-refractivity contribution in [3.05, 3.63) is 82.8 Å². The smallest absolute Gasteiger partial charge is 0.194 e. The first-order valence-electron chi connectivity index (χ1n) is 9.66. The van der Waals surface area contributed by atoms with Gasteiger partial charge in [-0.2, -0.15) is 0 Å². The minimum atomic E-state index is -0.115. The lowest BCUT2D eigenvalue weighted by molar-refractivity contribution is 0.104. The fraction of sp³-hybridized carbons (Fsp3) is 0. The van der Waals surface area contributed by atoms with Crippen LogP contribution in [-0.2, 0) is 0 Å². The van der Waals surface area contributed by atoms with Gasteiger partial charge in [-0.3, -0.25) is 14.8 Å². The molecule has 0 fully saturated rings. The molecule has 0 amide bonds. The number of carbonyl (C=O) groups is 1. The highest BCUT2D eigenvalue weighted by atomic mass is 32.1. The van der Waals surface area contributed by atoms with Gasteiger partial charge in [-0.25, -0.2) is 0 Å². The van der Waals surface area contributed by atoms with E-state index >= 15 is 0 Å². The Labute approximate surface area is 189 Å². The number of aromatic nitrogens is 6. The summed E-state index contributed by atoms with van der Waals surface area (Å²) in [5.41, 5.74) is 5.65. The van der Waals surface area contributed by atoms with Gasteiger partial charge in [0.25, 0.3) is 0 Å². The van der Waals surface area contributed by atoms with Crippen LogP contribution >= 0.6 is 23.1 Å². The summed E-state index contributed by atoms with van der Waals surface area (Å²) in [5.74, 6) is -0.115. The second-order valence-electron chi connectivity index (χ2n) is 7.03. The van der Waals surface area contributed by atoms with Crippen molar-refractivity contribution < 1.29 is 4.79 Å². The molecule has 0 aliphatic heterocycles. The number of pyridine rings is 2. The summed E-state index contributed by atoms with van der Waals surface area (Å²) in [4.78, 5) is 23.0. The number of benzene rings is 2. The second-order valence-corrected chi connectivity index (χ2v) is 8.25. The molecule has 4 aromatic heterocycles. The molecule has 2 aromatic carbocycles. The average molecular weight is 453 g/mol. The van der Waals surface area contributed by atoms with Gasteiger partial charge in [0.1, 0.15) is 11.4 Å². The predicted molar refractivity (Wildman–Crippen MR) is 125 cm³/mol. The molecule has 152 valence electrons. The van der Waals surface area contributed by atoms with Crippen LogP contribution in [0.15, 0.2) is 71.7 Å². The molecule has 0 aliphatic rings. The average Bonchev–Trinajstić information content (AvgIpc) is 3.57. The standard InChI is InChI=1S/C23H12N6OS2/c30-23(15-3-1-5-17-21(15)13(7-9-24-17)19-11-31-28-26-19)16-4-2-6-18-22(16)14(8-10-25-18)20-12-32-29-27-20/h1-12H. The fourth-order valence-electron chi connectivity index (χ4n) is 3.93. The van der Waals surface area contributed by atoms with Crippen molar-refractivity contribution in [1.29, 1.82) is 0 Å². The minimum Gasteiger partial charge on any atom is -0.289 e. The molecular formula is C23H12N6OS2. The van der Waals surface area contributed by atoms with E-state index in [9.17, 15) is 4.79 Å². The van der Waals surface area contributed by atoms with Gasteiger partial charge in [-0.15, -0.1) is 10.2 Å². The molecule has 0 N–H and O–H groups in total.